The zero-order valence-electron chi connectivity index (χ0n) is 19.8. The van der Waals surface area contributed by atoms with Crippen molar-refractivity contribution in [2.45, 2.75) is 46.7 Å². The number of carbonyl (C=O) groups excluding carboxylic acids is 1. The molecule has 0 aliphatic carbocycles. The van der Waals surface area contributed by atoms with E-state index >= 15 is 0 Å². The monoisotopic (exact) mass is 468 g/mol. The maximum Gasteiger partial charge on any atom is 0.253 e. The van der Waals surface area contributed by atoms with Crippen molar-refractivity contribution in [1.29, 1.82) is 5.41 Å². The molecule has 33 heavy (non-hydrogen) atoms. The van der Waals surface area contributed by atoms with Crippen LogP contribution in [0.15, 0.2) is 23.0 Å². The SMILES string of the molecule is CSN1CC=C(c2cc(C(=O)NCc3c(C)cc(C)[nH]c3=O)c(C=N)c(NC(C)C)n2)CC1. The summed E-state index contributed by atoms with van der Waals surface area (Å²) in [5, 5.41) is 14.1. The fourth-order valence-electron chi connectivity index (χ4n) is 3.85. The van der Waals surface area contributed by atoms with Crippen LogP contribution >= 0.6 is 11.9 Å². The van der Waals surface area contributed by atoms with Gasteiger partial charge >= 0.3 is 0 Å². The first-order valence-corrected chi connectivity index (χ1v) is 12.2. The van der Waals surface area contributed by atoms with Gasteiger partial charge in [0, 0.05) is 48.7 Å². The number of amides is 1. The Balaban J connectivity index is 1.96. The highest BCUT2D eigenvalue weighted by molar-refractivity contribution is 7.96. The highest BCUT2D eigenvalue weighted by atomic mass is 32.2. The van der Waals surface area contributed by atoms with Crippen LogP contribution in [0.3, 0.4) is 0 Å². The van der Waals surface area contributed by atoms with E-state index in [2.05, 4.69) is 32.3 Å². The molecule has 0 bridgehead atoms. The minimum Gasteiger partial charge on any atom is -0.367 e. The Morgan fingerprint density at radius 1 is 1.36 bits per heavy atom. The summed E-state index contributed by atoms with van der Waals surface area (Å²) in [5.74, 6) is 0.172. The van der Waals surface area contributed by atoms with Gasteiger partial charge in [0.25, 0.3) is 11.5 Å². The summed E-state index contributed by atoms with van der Waals surface area (Å²) in [6, 6.07) is 3.73. The lowest BCUT2D eigenvalue weighted by molar-refractivity contribution is 0.0950. The molecule has 1 aliphatic rings. The Bertz CT molecular complexity index is 1140. The lowest BCUT2D eigenvalue weighted by atomic mass is 10.00. The summed E-state index contributed by atoms with van der Waals surface area (Å²) >= 11 is 1.71. The largest absolute Gasteiger partial charge is 0.367 e. The predicted molar refractivity (Wildman–Crippen MR) is 136 cm³/mol. The molecule has 2 aromatic heterocycles. The van der Waals surface area contributed by atoms with Crippen LogP contribution < -0.4 is 16.2 Å². The number of nitrogens with one attached hydrogen (secondary N) is 4. The summed E-state index contributed by atoms with van der Waals surface area (Å²) in [4.78, 5) is 33.1. The molecular weight excluding hydrogens is 436 g/mol. The lowest BCUT2D eigenvalue weighted by Gasteiger charge is -2.24. The molecule has 0 saturated heterocycles. The van der Waals surface area contributed by atoms with E-state index in [1.165, 1.54) is 0 Å². The third-order valence-electron chi connectivity index (χ3n) is 5.55. The molecule has 176 valence electrons. The van der Waals surface area contributed by atoms with Gasteiger partial charge in [0.2, 0.25) is 0 Å². The van der Waals surface area contributed by atoms with Gasteiger partial charge in [-0.3, -0.25) is 9.59 Å². The second-order valence-corrected chi connectivity index (χ2v) is 9.32. The maximum absolute atomic E-state index is 13.2. The van der Waals surface area contributed by atoms with Gasteiger partial charge in [-0.1, -0.05) is 18.0 Å². The number of aromatic nitrogens is 2. The third-order valence-corrected chi connectivity index (χ3v) is 6.40. The van der Waals surface area contributed by atoms with Crippen LogP contribution in [-0.4, -0.2) is 51.8 Å². The minimum atomic E-state index is -0.342. The van der Waals surface area contributed by atoms with Gasteiger partial charge in [0.1, 0.15) is 5.82 Å². The van der Waals surface area contributed by atoms with Crippen molar-refractivity contribution in [3.63, 3.8) is 0 Å². The van der Waals surface area contributed by atoms with Gasteiger partial charge in [0.05, 0.1) is 11.3 Å². The van der Waals surface area contributed by atoms with Gasteiger partial charge < -0.3 is 21.0 Å². The molecule has 0 saturated carbocycles. The fraction of sp³-hybridized carbons (Fsp3) is 0.417. The predicted octanol–water partition coefficient (Wildman–Crippen LogP) is 3.50. The molecule has 0 unspecified atom stereocenters. The number of aromatic amines is 1. The van der Waals surface area contributed by atoms with Gasteiger partial charge in [0.15, 0.2) is 0 Å². The molecule has 1 aliphatic heterocycles. The highest BCUT2D eigenvalue weighted by Gasteiger charge is 2.21. The van der Waals surface area contributed by atoms with E-state index in [1.54, 1.807) is 18.0 Å². The number of pyridine rings is 2. The van der Waals surface area contributed by atoms with Crippen LogP contribution in [0.5, 0.6) is 0 Å². The second-order valence-electron chi connectivity index (χ2n) is 8.44. The summed E-state index contributed by atoms with van der Waals surface area (Å²) in [6.45, 7) is 9.49. The molecule has 1 amide bonds. The number of nitrogens with zero attached hydrogens (tertiary/aromatic N) is 2. The smallest absolute Gasteiger partial charge is 0.253 e. The summed E-state index contributed by atoms with van der Waals surface area (Å²) in [5.41, 5.74) is 4.54. The second kappa shape index (κ2) is 10.8. The summed E-state index contributed by atoms with van der Waals surface area (Å²) < 4.78 is 2.26. The van der Waals surface area contributed by atoms with E-state index in [0.29, 0.717) is 22.5 Å². The third kappa shape index (κ3) is 5.91. The van der Waals surface area contributed by atoms with Gasteiger partial charge in [-0.15, -0.1) is 0 Å². The summed E-state index contributed by atoms with van der Waals surface area (Å²) in [7, 11) is 0. The molecule has 4 N–H and O–H groups in total. The van der Waals surface area contributed by atoms with Crippen LogP contribution in [0.2, 0.25) is 0 Å². The first-order valence-electron chi connectivity index (χ1n) is 11.0. The van der Waals surface area contributed by atoms with Crippen molar-refractivity contribution in [1.82, 2.24) is 19.6 Å². The van der Waals surface area contributed by atoms with Crippen molar-refractivity contribution in [3.8, 4) is 0 Å². The molecular formula is C24H32N6O2S. The molecule has 0 spiro atoms. The van der Waals surface area contributed by atoms with Crippen LogP contribution in [0.1, 0.15) is 58.7 Å². The van der Waals surface area contributed by atoms with E-state index in [-0.39, 0.29) is 24.1 Å². The number of carbonyl (C=O) groups is 1. The Kier molecular flexibility index (Phi) is 8.10. The number of hydrogen-bond donors (Lipinski definition) is 4. The van der Waals surface area contributed by atoms with E-state index < -0.39 is 0 Å². The molecule has 3 heterocycles. The zero-order chi connectivity index (χ0) is 24.1. The minimum absolute atomic E-state index is 0.0865. The van der Waals surface area contributed by atoms with Crippen molar-refractivity contribution in [2.75, 3.05) is 24.7 Å². The van der Waals surface area contributed by atoms with Crippen LogP contribution in [0.25, 0.3) is 5.57 Å². The number of hydrogen-bond acceptors (Lipinski definition) is 7. The van der Waals surface area contributed by atoms with E-state index in [0.717, 1.165) is 48.2 Å². The Morgan fingerprint density at radius 2 is 2.12 bits per heavy atom. The molecule has 3 rings (SSSR count). The van der Waals surface area contributed by atoms with E-state index in [1.807, 2.05) is 33.8 Å². The van der Waals surface area contributed by atoms with Gasteiger partial charge in [-0.25, -0.2) is 9.29 Å². The molecule has 2 aromatic rings. The Morgan fingerprint density at radius 3 is 2.70 bits per heavy atom. The van der Waals surface area contributed by atoms with E-state index in [4.69, 9.17) is 10.4 Å². The molecule has 9 heteroatoms. The van der Waals surface area contributed by atoms with Crippen molar-refractivity contribution in [2.24, 2.45) is 0 Å². The summed E-state index contributed by atoms with van der Waals surface area (Å²) in [6.07, 6.45) is 6.19. The highest BCUT2D eigenvalue weighted by Crippen LogP contribution is 2.28. The first-order chi connectivity index (χ1) is 15.7. The number of aryl methyl sites for hydroxylation is 2. The van der Waals surface area contributed by atoms with E-state index in [9.17, 15) is 9.59 Å². The Hall–Kier alpha value is -2.91. The lowest BCUT2D eigenvalue weighted by Crippen LogP contribution is -2.29. The average molecular weight is 469 g/mol. The topological polar surface area (TPSA) is 114 Å². The molecule has 0 atom stereocenters. The molecule has 0 radical (unpaired) electrons. The van der Waals surface area contributed by atoms with Crippen LogP contribution in [0.4, 0.5) is 5.82 Å². The number of H-pyrrole nitrogens is 1. The fourth-order valence-corrected chi connectivity index (χ4v) is 4.35. The number of rotatable bonds is 8. The van der Waals surface area contributed by atoms with Gasteiger partial charge in [-0.2, -0.15) is 0 Å². The average Bonchev–Trinajstić information content (AvgIpc) is 2.77. The van der Waals surface area contributed by atoms with Crippen molar-refractivity contribution < 1.29 is 4.79 Å². The maximum atomic E-state index is 13.2. The normalized spacial score (nSPS) is 14.2. The number of anilines is 1. The van der Waals surface area contributed by atoms with Gasteiger partial charge in [-0.05, 0) is 63.6 Å². The quantitative estimate of drug-likeness (QED) is 0.348. The van der Waals surface area contributed by atoms with Crippen LogP contribution in [-0.2, 0) is 6.54 Å². The first kappa shape index (κ1) is 24.7. The van der Waals surface area contributed by atoms with Crippen molar-refractivity contribution in [3.05, 3.63) is 62.2 Å². The zero-order valence-corrected chi connectivity index (χ0v) is 20.7. The van der Waals surface area contributed by atoms with Crippen molar-refractivity contribution >= 4 is 35.5 Å². The molecule has 8 nitrogen and oxygen atoms in total. The molecule has 0 fully saturated rings. The Labute approximate surface area is 198 Å². The molecule has 0 aromatic carbocycles. The van der Waals surface area contributed by atoms with Crippen LogP contribution in [0, 0.1) is 19.3 Å². The standard InChI is InChI=1S/C24H32N6O2S/c1-14(2)27-22-19(12-25)18(11-21(29-22)17-6-8-30(33-5)9-7-17)23(31)26-13-20-15(3)10-16(4)28-24(20)32/h6,10-12,14,25H,7-9,13H2,1-5H3,(H,26,31)(H,27,29)(H,28,32).